The second-order valence-electron chi connectivity index (χ2n) is 8.81. The number of alkyl halides is 6. The number of nitrogens with zero attached hydrogens (tertiary/aromatic N) is 3. The van der Waals surface area contributed by atoms with Gasteiger partial charge in [-0.1, -0.05) is 18.2 Å². The summed E-state index contributed by atoms with van der Waals surface area (Å²) in [7, 11) is 1.11. The molecule has 0 spiro atoms. The molecule has 1 aromatic heterocycles. The third-order valence-electron chi connectivity index (χ3n) is 6.17. The van der Waals surface area contributed by atoms with Crippen molar-refractivity contribution in [2.75, 3.05) is 18.6 Å². The predicted molar refractivity (Wildman–Crippen MR) is 123 cm³/mol. The molecule has 0 radical (unpaired) electrons. The molecule has 208 valence electrons. The zero-order valence-electron chi connectivity index (χ0n) is 20.5. The molecule has 0 fully saturated rings. The summed E-state index contributed by atoms with van der Waals surface area (Å²) in [5, 5.41) is 5.89. The Labute approximate surface area is 217 Å². The number of hydrogen-bond donors (Lipinski definition) is 1. The summed E-state index contributed by atoms with van der Waals surface area (Å²) in [5.41, 5.74) is -3.26. The molecule has 1 amide bonds. The highest BCUT2D eigenvalue weighted by molar-refractivity contribution is 6.01. The van der Waals surface area contributed by atoms with Gasteiger partial charge < -0.3 is 15.0 Å². The van der Waals surface area contributed by atoms with Crippen molar-refractivity contribution in [2.45, 2.75) is 38.4 Å². The number of nitrogens with one attached hydrogen (secondary N) is 1. The van der Waals surface area contributed by atoms with E-state index in [1.54, 1.807) is 0 Å². The van der Waals surface area contributed by atoms with Crippen LogP contribution in [-0.2, 0) is 30.2 Å². The number of rotatable bonds is 6. The fourth-order valence-electron chi connectivity index (χ4n) is 4.35. The highest BCUT2D eigenvalue weighted by Gasteiger charge is 2.44. The number of amides is 1. The van der Waals surface area contributed by atoms with Gasteiger partial charge >= 0.3 is 18.3 Å². The lowest BCUT2D eigenvalue weighted by Gasteiger charge is -2.21. The van der Waals surface area contributed by atoms with E-state index in [0.717, 1.165) is 30.0 Å². The molecule has 1 aliphatic rings. The first-order valence-electron chi connectivity index (χ1n) is 11.5. The first kappa shape index (κ1) is 27.9. The van der Waals surface area contributed by atoms with Gasteiger partial charge in [0.05, 0.1) is 30.8 Å². The minimum atomic E-state index is -5.03. The normalized spacial score (nSPS) is 14.2. The molecule has 3 aromatic rings. The van der Waals surface area contributed by atoms with Crippen LogP contribution in [0.3, 0.4) is 0 Å². The second kappa shape index (κ2) is 10.2. The Bertz CT molecular complexity index is 1420. The summed E-state index contributed by atoms with van der Waals surface area (Å²) < 4.78 is 101. The largest absolute Gasteiger partial charge is 0.465 e. The second-order valence-corrected chi connectivity index (χ2v) is 8.81. The van der Waals surface area contributed by atoms with Gasteiger partial charge in [0, 0.05) is 18.7 Å². The number of benzene rings is 2. The molecule has 0 saturated heterocycles. The van der Waals surface area contributed by atoms with Gasteiger partial charge in [0.15, 0.2) is 5.69 Å². The number of fused-ring (bicyclic) bond motifs is 1. The Morgan fingerprint density at radius 1 is 1.05 bits per heavy atom. The molecule has 0 bridgehead atoms. The molecule has 7 nitrogen and oxygen atoms in total. The highest BCUT2D eigenvalue weighted by atomic mass is 19.4. The first-order valence-corrected chi connectivity index (χ1v) is 11.5. The number of aromatic nitrogens is 2. The Morgan fingerprint density at radius 3 is 2.38 bits per heavy atom. The SMILES string of the molecule is COC(=O)c1ccc([C@H](C)NC(=O)c2c(C(F)(F)F)nn3c2N(Cc2cccc(C(F)(F)F)c2)CC3)c(F)c1. The van der Waals surface area contributed by atoms with Gasteiger partial charge in [0.25, 0.3) is 5.91 Å². The van der Waals surface area contributed by atoms with Crippen molar-refractivity contribution in [3.8, 4) is 0 Å². The maximum Gasteiger partial charge on any atom is 0.436 e. The molecule has 1 aliphatic heterocycles. The van der Waals surface area contributed by atoms with E-state index in [-0.39, 0.29) is 42.1 Å². The number of hydrogen-bond acceptors (Lipinski definition) is 5. The number of methoxy groups -OCH3 is 1. The van der Waals surface area contributed by atoms with Crippen molar-refractivity contribution in [1.82, 2.24) is 15.1 Å². The van der Waals surface area contributed by atoms with E-state index in [0.29, 0.717) is 0 Å². The maximum atomic E-state index is 14.7. The van der Waals surface area contributed by atoms with Gasteiger partial charge in [0.1, 0.15) is 17.2 Å². The number of carbonyl (C=O) groups is 2. The zero-order valence-corrected chi connectivity index (χ0v) is 20.5. The fourth-order valence-corrected chi connectivity index (χ4v) is 4.35. The molecule has 0 aliphatic carbocycles. The van der Waals surface area contributed by atoms with Crippen molar-refractivity contribution in [1.29, 1.82) is 0 Å². The van der Waals surface area contributed by atoms with Crippen LogP contribution in [0.4, 0.5) is 36.6 Å². The van der Waals surface area contributed by atoms with Crippen molar-refractivity contribution in [3.05, 3.63) is 81.8 Å². The van der Waals surface area contributed by atoms with Crippen LogP contribution in [0.25, 0.3) is 0 Å². The summed E-state index contributed by atoms with van der Waals surface area (Å²) in [6.45, 7) is 1.18. The summed E-state index contributed by atoms with van der Waals surface area (Å²) in [6.07, 6.45) is -9.64. The summed E-state index contributed by atoms with van der Waals surface area (Å²) in [4.78, 5) is 26.1. The van der Waals surface area contributed by atoms with Crippen LogP contribution < -0.4 is 10.2 Å². The van der Waals surface area contributed by atoms with Crippen molar-refractivity contribution < 1.29 is 45.1 Å². The average Bonchev–Trinajstić information content (AvgIpc) is 3.43. The van der Waals surface area contributed by atoms with Gasteiger partial charge in [-0.15, -0.1) is 0 Å². The monoisotopic (exact) mass is 558 g/mol. The fraction of sp³-hybridized carbons (Fsp3) is 0.320. The molecular weight excluding hydrogens is 537 g/mol. The zero-order chi connectivity index (χ0) is 28.7. The van der Waals surface area contributed by atoms with Crippen LogP contribution in [0, 0.1) is 5.82 Å². The van der Waals surface area contributed by atoms with E-state index in [1.807, 2.05) is 0 Å². The molecule has 4 rings (SSSR count). The van der Waals surface area contributed by atoms with E-state index in [9.17, 15) is 40.3 Å². The van der Waals surface area contributed by atoms with Crippen LogP contribution in [0.2, 0.25) is 0 Å². The Balaban J connectivity index is 1.66. The van der Waals surface area contributed by atoms with Gasteiger partial charge in [-0.2, -0.15) is 31.4 Å². The molecule has 14 heteroatoms. The minimum absolute atomic E-state index is 0.0379. The lowest BCUT2D eigenvalue weighted by atomic mass is 10.0. The Morgan fingerprint density at radius 2 is 1.77 bits per heavy atom. The Hall–Kier alpha value is -4.10. The lowest BCUT2D eigenvalue weighted by Crippen LogP contribution is -2.31. The molecule has 1 N–H and O–H groups in total. The lowest BCUT2D eigenvalue weighted by molar-refractivity contribution is -0.142. The van der Waals surface area contributed by atoms with Gasteiger partial charge in [0.2, 0.25) is 0 Å². The van der Waals surface area contributed by atoms with Crippen LogP contribution in [0.1, 0.15) is 56.1 Å². The first-order chi connectivity index (χ1) is 18.2. The van der Waals surface area contributed by atoms with Crippen molar-refractivity contribution in [2.24, 2.45) is 0 Å². The molecular formula is C25H21F7N4O3. The van der Waals surface area contributed by atoms with E-state index >= 15 is 0 Å². The smallest absolute Gasteiger partial charge is 0.436 e. The molecule has 2 aromatic carbocycles. The highest BCUT2D eigenvalue weighted by Crippen LogP contribution is 2.39. The molecule has 0 saturated carbocycles. The quantitative estimate of drug-likeness (QED) is 0.326. The number of anilines is 1. The number of carbonyl (C=O) groups excluding carboxylic acids is 2. The Kier molecular flexibility index (Phi) is 7.32. The van der Waals surface area contributed by atoms with Crippen LogP contribution in [0.5, 0.6) is 0 Å². The number of halogens is 7. The summed E-state index contributed by atoms with van der Waals surface area (Å²) >= 11 is 0. The third-order valence-corrected chi connectivity index (χ3v) is 6.17. The summed E-state index contributed by atoms with van der Waals surface area (Å²) in [6, 6.07) is 6.51. The van der Waals surface area contributed by atoms with E-state index < -0.39 is 52.9 Å². The van der Waals surface area contributed by atoms with Gasteiger partial charge in [-0.25, -0.2) is 13.9 Å². The molecule has 0 unspecified atom stereocenters. The van der Waals surface area contributed by atoms with Crippen LogP contribution in [0.15, 0.2) is 42.5 Å². The minimum Gasteiger partial charge on any atom is -0.465 e. The van der Waals surface area contributed by atoms with Crippen LogP contribution in [-0.4, -0.2) is 35.3 Å². The number of esters is 1. The van der Waals surface area contributed by atoms with Gasteiger partial charge in [-0.3, -0.25) is 4.79 Å². The molecule has 39 heavy (non-hydrogen) atoms. The predicted octanol–water partition coefficient (Wildman–Crippen LogP) is 5.36. The number of ether oxygens (including phenoxy) is 1. The standard InChI is InChI=1S/C25H21F7N4O3/c1-13(17-7-6-15(11-18(17)26)23(38)39-2)33-21(37)19-20(25(30,31)32)34-36-9-8-35(22(19)36)12-14-4-3-5-16(10-14)24(27,28)29/h3-7,10-11,13H,8-9,12H2,1-2H3,(H,33,37)/t13-/m0/s1. The van der Waals surface area contributed by atoms with Gasteiger partial charge in [-0.05, 0) is 36.8 Å². The third kappa shape index (κ3) is 5.68. The maximum absolute atomic E-state index is 14.7. The average molecular weight is 558 g/mol. The molecule has 1 atom stereocenters. The van der Waals surface area contributed by atoms with Crippen molar-refractivity contribution in [3.63, 3.8) is 0 Å². The van der Waals surface area contributed by atoms with E-state index in [2.05, 4.69) is 15.2 Å². The van der Waals surface area contributed by atoms with Crippen molar-refractivity contribution >= 4 is 17.7 Å². The van der Waals surface area contributed by atoms with Crippen LogP contribution >= 0.6 is 0 Å². The summed E-state index contributed by atoms with van der Waals surface area (Å²) in [5.74, 6) is -3.12. The molecule has 2 heterocycles. The van der Waals surface area contributed by atoms with E-state index in [1.165, 1.54) is 36.1 Å². The topological polar surface area (TPSA) is 76.5 Å². The van der Waals surface area contributed by atoms with E-state index in [4.69, 9.17) is 0 Å².